The van der Waals surface area contributed by atoms with Crippen molar-refractivity contribution in [1.82, 2.24) is 29.0 Å². The molecule has 0 amide bonds. The third-order valence-electron chi connectivity index (χ3n) is 7.09. The molecule has 202 valence electrons. The van der Waals surface area contributed by atoms with E-state index in [1.54, 1.807) is 25.6 Å². The number of ether oxygens (including phenoxy) is 2. The van der Waals surface area contributed by atoms with Gasteiger partial charge in [0, 0.05) is 51.5 Å². The van der Waals surface area contributed by atoms with Gasteiger partial charge in [0.05, 0.1) is 36.1 Å². The maximum Gasteiger partial charge on any atom is 0.418 e. The van der Waals surface area contributed by atoms with E-state index in [1.165, 1.54) is 17.0 Å². The summed E-state index contributed by atoms with van der Waals surface area (Å²) in [5.74, 6) is 0.793. The van der Waals surface area contributed by atoms with Gasteiger partial charge in [-0.2, -0.15) is 13.2 Å². The molecule has 1 N–H and O–H groups in total. The summed E-state index contributed by atoms with van der Waals surface area (Å²) in [6.45, 7) is 3.39. The minimum atomic E-state index is -4.63. The Balaban J connectivity index is 1.53. The van der Waals surface area contributed by atoms with Crippen LogP contribution in [0.25, 0.3) is 11.2 Å². The summed E-state index contributed by atoms with van der Waals surface area (Å²) in [6.07, 6.45) is 0.176. The standard InChI is InChI=1S/C26H29F3N6O3/c1-17(37-3)10-30-11-18-7-21(26(27,28)29)22-13-34(24(36)35(22)12-18)20-6-4-5-19(8-20)25(14-38-15-25)9-23-32-31-16-33(23)2/h4-8,12-13,16-17,30H,9-11,14-15H2,1-3H3/t17-/m1/s1. The predicted molar refractivity (Wildman–Crippen MR) is 133 cm³/mol. The lowest BCUT2D eigenvalue weighted by Crippen LogP contribution is -2.49. The maximum absolute atomic E-state index is 14.0. The molecular weight excluding hydrogens is 501 g/mol. The Morgan fingerprint density at radius 1 is 1.24 bits per heavy atom. The summed E-state index contributed by atoms with van der Waals surface area (Å²) in [5, 5.41) is 11.2. The number of pyridine rings is 1. The molecule has 1 saturated heterocycles. The van der Waals surface area contributed by atoms with Crippen LogP contribution in [0.15, 0.2) is 53.8 Å². The zero-order chi connectivity index (χ0) is 27.1. The first-order valence-electron chi connectivity index (χ1n) is 12.2. The van der Waals surface area contributed by atoms with E-state index in [1.807, 2.05) is 30.7 Å². The Bertz CT molecular complexity index is 1500. The fourth-order valence-electron chi connectivity index (χ4n) is 4.73. The van der Waals surface area contributed by atoms with Gasteiger partial charge < -0.3 is 19.4 Å². The Morgan fingerprint density at radius 2 is 2.03 bits per heavy atom. The highest BCUT2D eigenvalue weighted by Crippen LogP contribution is 2.37. The second-order valence-corrected chi connectivity index (χ2v) is 9.83. The molecule has 38 heavy (non-hydrogen) atoms. The van der Waals surface area contributed by atoms with Gasteiger partial charge in [0.2, 0.25) is 0 Å². The number of aromatic nitrogens is 5. The first-order chi connectivity index (χ1) is 18.1. The smallest absolute Gasteiger partial charge is 0.380 e. The average Bonchev–Trinajstić information content (AvgIpc) is 3.42. The van der Waals surface area contributed by atoms with Crippen LogP contribution in [0.5, 0.6) is 0 Å². The zero-order valence-corrected chi connectivity index (χ0v) is 21.3. The summed E-state index contributed by atoms with van der Waals surface area (Å²) in [4.78, 5) is 13.4. The molecule has 1 aliphatic heterocycles. The number of hydrogen-bond acceptors (Lipinski definition) is 6. The average molecular weight is 531 g/mol. The van der Waals surface area contributed by atoms with Crippen LogP contribution in [0.4, 0.5) is 13.2 Å². The van der Waals surface area contributed by atoms with Crippen molar-refractivity contribution in [2.75, 3.05) is 26.9 Å². The van der Waals surface area contributed by atoms with E-state index < -0.39 is 17.4 Å². The van der Waals surface area contributed by atoms with Crippen LogP contribution in [0.3, 0.4) is 0 Å². The van der Waals surface area contributed by atoms with E-state index in [-0.39, 0.29) is 23.6 Å². The fraction of sp³-hybridized carbons (Fsp3) is 0.423. The largest absolute Gasteiger partial charge is 0.418 e. The first-order valence-corrected chi connectivity index (χ1v) is 12.2. The van der Waals surface area contributed by atoms with E-state index in [4.69, 9.17) is 9.47 Å². The van der Waals surface area contributed by atoms with Crippen molar-refractivity contribution in [3.05, 3.63) is 82.1 Å². The van der Waals surface area contributed by atoms with Gasteiger partial charge in [-0.1, -0.05) is 12.1 Å². The van der Waals surface area contributed by atoms with Gasteiger partial charge in [-0.05, 0) is 36.2 Å². The third kappa shape index (κ3) is 4.86. The Labute approximate surface area is 216 Å². The Hall–Kier alpha value is -3.48. The fourth-order valence-corrected chi connectivity index (χ4v) is 4.73. The summed E-state index contributed by atoms with van der Waals surface area (Å²) in [5.41, 5.74) is -0.286. The molecule has 0 aliphatic carbocycles. The number of nitrogens with one attached hydrogen (secondary N) is 1. The van der Waals surface area contributed by atoms with Crippen molar-refractivity contribution in [1.29, 1.82) is 0 Å². The number of methoxy groups -OCH3 is 1. The molecule has 5 rings (SSSR count). The molecule has 4 aromatic rings. The van der Waals surface area contributed by atoms with E-state index in [0.717, 1.165) is 21.9 Å². The Morgan fingerprint density at radius 3 is 2.66 bits per heavy atom. The molecule has 3 aromatic heterocycles. The number of rotatable bonds is 9. The van der Waals surface area contributed by atoms with E-state index >= 15 is 0 Å². The number of nitrogens with zero attached hydrogens (tertiary/aromatic N) is 5. The van der Waals surface area contributed by atoms with Gasteiger partial charge in [-0.25, -0.2) is 4.79 Å². The SMILES string of the molecule is CO[C@H](C)CNCc1cc(C(F)(F)F)c2cn(-c3cccc(C4(Cc5nncn5C)COC4)c3)c(=O)n2c1. The lowest BCUT2D eigenvalue weighted by molar-refractivity contribution is -0.136. The highest BCUT2D eigenvalue weighted by atomic mass is 19.4. The molecule has 12 heteroatoms. The zero-order valence-electron chi connectivity index (χ0n) is 21.3. The number of hydrogen-bond donors (Lipinski definition) is 1. The van der Waals surface area contributed by atoms with Gasteiger partial charge in [0.1, 0.15) is 12.2 Å². The van der Waals surface area contributed by atoms with Crippen LogP contribution in [0.2, 0.25) is 0 Å². The first kappa shape index (κ1) is 26.1. The molecule has 1 fully saturated rings. The minimum absolute atomic E-state index is 0.102. The number of benzene rings is 1. The quantitative estimate of drug-likeness (QED) is 0.358. The summed E-state index contributed by atoms with van der Waals surface area (Å²) in [7, 11) is 3.43. The van der Waals surface area contributed by atoms with Crippen molar-refractivity contribution in [2.45, 2.75) is 37.6 Å². The number of fused-ring (bicyclic) bond motifs is 1. The predicted octanol–water partition coefficient (Wildman–Crippen LogP) is 2.87. The van der Waals surface area contributed by atoms with Crippen LogP contribution >= 0.6 is 0 Å². The molecule has 0 unspecified atom stereocenters. The molecule has 0 saturated carbocycles. The van der Waals surface area contributed by atoms with Crippen LogP contribution < -0.4 is 11.0 Å². The van der Waals surface area contributed by atoms with Crippen molar-refractivity contribution >= 4 is 5.52 Å². The summed E-state index contributed by atoms with van der Waals surface area (Å²) < 4.78 is 57.0. The monoisotopic (exact) mass is 530 g/mol. The lowest BCUT2D eigenvalue weighted by atomic mass is 9.75. The van der Waals surface area contributed by atoms with Crippen molar-refractivity contribution in [3.8, 4) is 5.69 Å². The number of alkyl halides is 3. The normalized spacial score (nSPS) is 16.1. The topological polar surface area (TPSA) is 87.6 Å². The molecule has 0 radical (unpaired) electrons. The summed E-state index contributed by atoms with van der Waals surface area (Å²) >= 11 is 0. The highest BCUT2D eigenvalue weighted by molar-refractivity contribution is 5.58. The number of imidazole rings is 1. The molecule has 1 aliphatic rings. The van der Waals surface area contributed by atoms with Gasteiger partial charge in [0.25, 0.3) is 0 Å². The van der Waals surface area contributed by atoms with Crippen molar-refractivity contribution in [2.24, 2.45) is 7.05 Å². The van der Waals surface area contributed by atoms with E-state index in [9.17, 15) is 18.0 Å². The molecule has 1 aromatic carbocycles. The molecule has 9 nitrogen and oxygen atoms in total. The molecule has 0 bridgehead atoms. The molecule has 1 atom stereocenters. The van der Waals surface area contributed by atoms with Crippen molar-refractivity contribution in [3.63, 3.8) is 0 Å². The molecule has 4 heterocycles. The molecule has 0 spiro atoms. The second-order valence-electron chi connectivity index (χ2n) is 9.83. The van der Waals surface area contributed by atoms with Gasteiger partial charge >= 0.3 is 11.9 Å². The summed E-state index contributed by atoms with van der Waals surface area (Å²) in [6, 6.07) is 8.37. The molecular formula is C26H29F3N6O3. The maximum atomic E-state index is 14.0. The van der Waals surface area contributed by atoms with Crippen LogP contribution in [0.1, 0.15) is 29.4 Å². The van der Waals surface area contributed by atoms with Crippen LogP contribution in [-0.2, 0) is 41.1 Å². The van der Waals surface area contributed by atoms with E-state index in [0.29, 0.717) is 37.4 Å². The number of aryl methyl sites for hydroxylation is 1. The van der Waals surface area contributed by atoms with Gasteiger partial charge in [0.15, 0.2) is 0 Å². The Kier molecular flexibility index (Phi) is 6.88. The van der Waals surface area contributed by atoms with Gasteiger partial charge in [-0.15, -0.1) is 10.2 Å². The minimum Gasteiger partial charge on any atom is -0.380 e. The van der Waals surface area contributed by atoms with Gasteiger partial charge in [-0.3, -0.25) is 8.97 Å². The number of halogens is 3. The van der Waals surface area contributed by atoms with Crippen LogP contribution in [-0.4, -0.2) is 56.7 Å². The van der Waals surface area contributed by atoms with Crippen molar-refractivity contribution < 1.29 is 22.6 Å². The second kappa shape index (κ2) is 10.0. The third-order valence-corrected chi connectivity index (χ3v) is 7.09. The van der Waals surface area contributed by atoms with E-state index in [2.05, 4.69) is 15.5 Å². The van der Waals surface area contributed by atoms with Crippen LogP contribution in [0, 0.1) is 0 Å². The highest BCUT2D eigenvalue weighted by Gasteiger charge is 2.42. The lowest BCUT2D eigenvalue weighted by Gasteiger charge is -2.41.